The number of benzene rings is 1. The van der Waals surface area contributed by atoms with Gasteiger partial charge in [-0.05, 0) is 30.7 Å². The number of nitrogens with one attached hydrogen (secondary N) is 2. The number of H-pyrrole nitrogens is 2. The monoisotopic (exact) mass is 404 g/mol. The number of fused-ring (bicyclic) bond motifs is 3. The van der Waals surface area contributed by atoms with Crippen molar-refractivity contribution in [1.82, 2.24) is 14.3 Å². The SMILES string of the molecule is CCCC(=O)O.CN(CC#N)S(=O)(=O)c1ccc2[nH]c(=O)c3[nH]ccc3c2c1. The van der Waals surface area contributed by atoms with Crippen LogP contribution in [0.4, 0.5) is 0 Å². The van der Waals surface area contributed by atoms with Gasteiger partial charge in [-0.15, -0.1) is 0 Å². The predicted octanol–water partition coefficient (Wildman–Crippen LogP) is 2.02. The second-order valence-electron chi connectivity index (χ2n) is 5.99. The summed E-state index contributed by atoms with van der Waals surface area (Å²) in [5.41, 5.74) is 0.691. The van der Waals surface area contributed by atoms with Gasteiger partial charge in [0.1, 0.15) is 12.1 Å². The van der Waals surface area contributed by atoms with Gasteiger partial charge in [-0.3, -0.25) is 9.59 Å². The molecule has 3 rings (SSSR count). The van der Waals surface area contributed by atoms with E-state index in [0.717, 1.165) is 10.7 Å². The van der Waals surface area contributed by atoms with Crippen LogP contribution in [0.1, 0.15) is 19.8 Å². The van der Waals surface area contributed by atoms with Crippen molar-refractivity contribution in [2.24, 2.45) is 0 Å². The number of aromatic nitrogens is 2. The van der Waals surface area contributed by atoms with Crippen molar-refractivity contribution >= 4 is 37.8 Å². The third-order valence-corrected chi connectivity index (χ3v) is 5.77. The topological polar surface area (TPSA) is 147 Å². The van der Waals surface area contributed by atoms with Gasteiger partial charge in [0.15, 0.2) is 0 Å². The number of aliphatic carboxylic acids is 1. The number of hydrogen-bond donors (Lipinski definition) is 3. The quantitative estimate of drug-likeness (QED) is 0.554. The Morgan fingerprint density at radius 2 is 2.00 bits per heavy atom. The van der Waals surface area contributed by atoms with Crippen molar-refractivity contribution in [2.75, 3.05) is 13.6 Å². The van der Waals surface area contributed by atoms with Crippen molar-refractivity contribution in [2.45, 2.75) is 24.7 Å². The summed E-state index contributed by atoms with van der Waals surface area (Å²) in [4.78, 5) is 27.1. The number of sulfonamides is 1. The van der Waals surface area contributed by atoms with Crippen molar-refractivity contribution in [3.63, 3.8) is 0 Å². The Hall–Kier alpha value is -3.16. The number of nitriles is 1. The molecule has 0 aliphatic heterocycles. The molecule has 148 valence electrons. The molecule has 1 aromatic carbocycles. The van der Waals surface area contributed by atoms with Crippen molar-refractivity contribution in [3.05, 3.63) is 40.8 Å². The fraction of sp³-hybridized carbons (Fsp3) is 0.278. The Morgan fingerprint density at radius 1 is 1.29 bits per heavy atom. The summed E-state index contributed by atoms with van der Waals surface area (Å²) in [6.07, 6.45) is 2.65. The largest absolute Gasteiger partial charge is 0.481 e. The van der Waals surface area contributed by atoms with Gasteiger partial charge in [0, 0.05) is 36.0 Å². The molecule has 0 saturated carbocycles. The summed E-state index contributed by atoms with van der Waals surface area (Å²) in [6.45, 7) is 1.61. The number of hydrogen-bond acceptors (Lipinski definition) is 5. The Bertz CT molecular complexity index is 1200. The molecule has 0 aliphatic rings. The van der Waals surface area contributed by atoms with Crippen molar-refractivity contribution in [3.8, 4) is 6.07 Å². The molecule has 0 bridgehead atoms. The number of rotatable bonds is 5. The van der Waals surface area contributed by atoms with Crippen LogP contribution in [-0.4, -0.2) is 47.4 Å². The van der Waals surface area contributed by atoms with E-state index in [0.29, 0.717) is 28.2 Å². The van der Waals surface area contributed by atoms with Gasteiger partial charge < -0.3 is 15.1 Å². The van der Waals surface area contributed by atoms with Crippen LogP contribution in [0.2, 0.25) is 0 Å². The lowest BCUT2D eigenvalue weighted by atomic mass is 10.1. The zero-order valence-electron chi connectivity index (χ0n) is 15.4. The first-order valence-electron chi connectivity index (χ1n) is 8.40. The minimum Gasteiger partial charge on any atom is -0.481 e. The molecule has 0 amide bonds. The molecule has 0 atom stereocenters. The first-order valence-corrected chi connectivity index (χ1v) is 9.84. The van der Waals surface area contributed by atoms with Gasteiger partial charge in [0.05, 0.1) is 11.0 Å². The van der Waals surface area contributed by atoms with E-state index in [4.69, 9.17) is 10.4 Å². The number of carboxylic acid groups (broad SMARTS) is 1. The molecule has 9 nitrogen and oxygen atoms in total. The number of aromatic amines is 2. The van der Waals surface area contributed by atoms with Gasteiger partial charge in [-0.1, -0.05) is 6.92 Å². The maximum Gasteiger partial charge on any atom is 0.303 e. The highest BCUT2D eigenvalue weighted by Gasteiger charge is 2.21. The van der Waals surface area contributed by atoms with E-state index in [1.54, 1.807) is 18.3 Å². The van der Waals surface area contributed by atoms with Crippen LogP contribution in [0.15, 0.2) is 40.2 Å². The highest BCUT2D eigenvalue weighted by atomic mass is 32.2. The van der Waals surface area contributed by atoms with Crippen LogP contribution >= 0.6 is 0 Å². The summed E-state index contributed by atoms with van der Waals surface area (Å²) in [6, 6.07) is 8.01. The highest BCUT2D eigenvalue weighted by Crippen LogP contribution is 2.24. The molecular formula is C18H20N4O5S. The summed E-state index contributed by atoms with van der Waals surface area (Å²) in [5, 5.41) is 17.9. The minimum atomic E-state index is -3.75. The molecule has 0 fully saturated rings. The average Bonchev–Trinajstić information content (AvgIpc) is 3.13. The Balaban J connectivity index is 0.000000409. The lowest BCUT2D eigenvalue weighted by molar-refractivity contribution is -0.137. The zero-order chi connectivity index (χ0) is 20.9. The Labute approximate surface area is 161 Å². The normalized spacial score (nSPS) is 11.2. The van der Waals surface area contributed by atoms with Crippen LogP contribution in [0, 0.1) is 11.3 Å². The average molecular weight is 404 g/mol. The van der Waals surface area contributed by atoms with Gasteiger partial charge in [0.25, 0.3) is 5.56 Å². The third-order valence-electron chi connectivity index (χ3n) is 3.97. The summed E-state index contributed by atoms with van der Waals surface area (Å²) < 4.78 is 25.8. The van der Waals surface area contributed by atoms with E-state index in [2.05, 4.69) is 9.97 Å². The number of pyridine rings is 1. The van der Waals surface area contributed by atoms with Gasteiger partial charge in [-0.2, -0.15) is 9.57 Å². The minimum absolute atomic E-state index is 0.0762. The fourth-order valence-corrected chi connectivity index (χ4v) is 3.65. The number of carbonyl (C=O) groups is 1. The lowest BCUT2D eigenvalue weighted by Gasteiger charge is -2.14. The first-order chi connectivity index (χ1) is 13.2. The smallest absolute Gasteiger partial charge is 0.303 e. The van der Waals surface area contributed by atoms with E-state index in [1.807, 2.05) is 13.0 Å². The molecule has 10 heteroatoms. The van der Waals surface area contributed by atoms with Crippen LogP contribution in [-0.2, 0) is 14.8 Å². The molecule has 2 heterocycles. The lowest BCUT2D eigenvalue weighted by Crippen LogP contribution is -2.27. The van der Waals surface area contributed by atoms with Crippen LogP contribution in [0.3, 0.4) is 0 Å². The molecule has 0 saturated heterocycles. The molecule has 0 spiro atoms. The first kappa shape index (κ1) is 21.1. The van der Waals surface area contributed by atoms with E-state index in [-0.39, 0.29) is 17.0 Å². The van der Waals surface area contributed by atoms with E-state index < -0.39 is 16.0 Å². The number of nitrogens with zero attached hydrogens (tertiary/aromatic N) is 2. The third kappa shape index (κ3) is 4.39. The van der Waals surface area contributed by atoms with E-state index in [9.17, 15) is 18.0 Å². The van der Waals surface area contributed by atoms with Gasteiger partial charge in [-0.25, -0.2) is 8.42 Å². The van der Waals surface area contributed by atoms with Crippen LogP contribution in [0.25, 0.3) is 21.8 Å². The van der Waals surface area contributed by atoms with Crippen LogP contribution < -0.4 is 5.56 Å². The second-order valence-corrected chi connectivity index (χ2v) is 8.04. The molecule has 0 unspecified atom stereocenters. The zero-order valence-corrected chi connectivity index (χ0v) is 16.2. The summed E-state index contributed by atoms with van der Waals surface area (Å²) in [5.74, 6) is -0.711. The predicted molar refractivity (Wildman–Crippen MR) is 104 cm³/mol. The van der Waals surface area contributed by atoms with Crippen molar-refractivity contribution in [1.29, 1.82) is 5.26 Å². The molecule has 0 aliphatic carbocycles. The van der Waals surface area contributed by atoms with Crippen LogP contribution in [0.5, 0.6) is 0 Å². The fourth-order valence-electron chi connectivity index (χ4n) is 2.56. The molecule has 3 aromatic rings. The highest BCUT2D eigenvalue weighted by molar-refractivity contribution is 7.89. The van der Waals surface area contributed by atoms with Gasteiger partial charge >= 0.3 is 5.97 Å². The second kappa shape index (κ2) is 8.69. The van der Waals surface area contributed by atoms with Crippen molar-refractivity contribution < 1.29 is 18.3 Å². The van der Waals surface area contributed by atoms with E-state index >= 15 is 0 Å². The summed E-state index contributed by atoms with van der Waals surface area (Å²) in [7, 11) is -2.40. The Morgan fingerprint density at radius 3 is 2.57 bits per heavy atom. The van der Waals surface area contributed by atoms with E-state index in [1.165, 1.54) is 19.2 Å². The molecule has 3 N–H and O–H groups in total. The molecule has 2 aromatic heterocycles. The summed E-state index contributed by atoms with van der Waals surface area (Å²) >= 11 is 0. The maximum atomic E-state index is 12.4. The van der Waals surface area contributed by atoms with Gasteiger partial charge in [0.2, 0.25) is 10.0 Å². The standard InChI is InChI=1S/C14H12N4O3S.C4H8O2/c1-18(7-5-15)22(20,21)9-2-3-12-11(8-9)10-4-6-16-13(10)14(19)17-12;1-2-3-4(5)6/h2-4,6,8,16H,7H2,1H3,(H,17,19);2-3H2,1H3,(H,5,6). The molecule has 0 radical (unpaired) electrons. The number of carboxylic acids is 1. The molecule has 28 heavy (non-hydrogen) atoms. The molecular weight excluding hydrogens is 384 g/mol. The maximum absolute atomic E-state index is 12.4. The Kier molecular flexibility index (Phi) is 6.56.